The molecule has 0 fully saturated rings. The lowest BCUT2D eigenvalue weighted by molar-refractivity contribution is -0.385. The molecule has 0 saturated carbocycles. The van der Waals surface area contributed by atoms with Gasteiger partial charge in [-0.05, 0) is 43.2 Å². The summed E-state index contributed by atoms with van der Waals surface area (Å²) in [6.07, 6.45) is 0.227. The fraction of sp³-hybridized carbons (Fsp3) is 0.292. The van der Waals surface area contributed by atoms with E-state index in [0.717, 1.165) is 23.8 Å². The highest BCUT2D eigenvalue weighted by atomic mass is 16.7. The number of phenols is 1. The molecule has 1 amide bonds. The van der Waals surface area contributed by atoms with Crippen LogP contribution in [-0.4, -0.2) is 53.8 Å². The molecule has 2 rings (SSSR count). The van der Waals surface area contributed by atoms with Gasteiger partial charge in [0.15, 0.2) is 5.75 Å². The van der Waals surface area contributed by atoms with Gasteiger partial charge in [-0.1, -0.05) is 18.2 Å². The van der Waals surface area contributed by atoms with Gasteiger partial charge in [0.1, 0.15) is 17.4 Å². The summed E-state index contributed by atoms with van der Waals surface area (Å²) in [5.74, 6) is -1.40. The minimum atomic E-state index is -1.20. The van der Waals surface area contributed by atoms with Crippen LogP contribution in [0, 0.1) is 21.4 Å². The second-order valence-corrected chi connectivity index (χ2v) is 7.05. The Hall–Kier alpha value is -4.59. The Morgan fingerprint density at radius 1 is 1.20 bits per heavy atom. The summed E-state index contributed by atoms with van der Waals surface area (Å²) in [7, 11) is 1.51. The van der Waals surface area contributed by atoms with E-state index in [4.69, 9.17) is 14.2 Å². The fourth-order valence-electron chi connectivity index (χ4n) is 3.18. The Morgan fingerprint density at radius 2 is 1.89 bits per heavy atom. The quantitative estimate of drug-likeness (QED) is 0.133. The maximum absolute atomic E-state index is 12.5. The van der Waals surface area contributed by atoms with Crippen LogP contribution in [0.15, 0.2) is 42.0 Å². The number of aromatic hydroxyl groups is 1. The number of ether oxygens (including phenoxy) is 3. The van der Waals surface area contributed by atoms with Crippen LogP contribution in [0.3, 0.4) is 0 Å². The molecule has 0 aliphatic rings. The topological polar surface area (TPSA) is 152 Å². The van der Waals surface area contributed by atoms with Crippen molar-refractivity contribution in [2.45, 2.75) is 20.3 Å². The molecule has 0 atom stereocenters. The monoisotopic (exact) mass is 483 g/mol. The van der Waals surface area contributed by atoms with Crippen molar-refractivity contribution >= 4 is 23.8 Å². The van der Waals surface area contributed by atoms with Crippen molar-refractivity contribution in [3.8, 4) is 23.3 Å². The zero-order valence-electron chi connectivity index (χ0n) is 19.5. The van der Waals surface area contributed by atoms with Gasteiger partial charge in [-0.3, -0.25) is 14.9 Å². The number of nitriles is 1. The molecule has 0 bridgehead atoms. The van der Waals surface area contributed by atoms with Crippen molar-refractivity contribution < 1.29 is 33.8 Å². The molecule has 1 N–H and O–H groups in total. The molecule has 0 aliphatic carbocycles. The average Bonchev–Trinajstić information content (AvgIpc) is 2.84. The van der Waals surface area contributed by atoms with Gasteiger partial charge in [0, 0.05) is 25.6 Å². The number of hydrogen-bond donors (Lipinski definition) is 1. The number of benzene rings is 2. The molecule has 0 radical (unpaired) electrons. The molecule has 35 heavy (non-hydrogen) atoms. The number of para-hydroxylation sites is 1. The van der Waals surface area contributed by atoms with Crippen molar-refractivity contribution in [2.24, 2.45) is 0 Å². The van der Waals surface area contributed by atoms with E-state index < -0.39 is 34.2 Å². The number of carbonyl (C=O) groups is 2. The van der Waals surface area contributed by atoms with E-state index in [1.807, 2.05) is 0 Å². The maximum atomic E-state index is 12.5. The van der Waals surface area contributed by atoms with Crippen LogP contribution in [0.4, 0.5) is 10.5 Å². The number of amides is 1. The van der Waals surface area contributed by atoms with E-state index in [1.165, 1.54) is 12.0 Å². The lowest BCUT2D eigenvalue weighted by Gasteiger charge is -2.17. The summed E-state index contributed by atoms with van der Waals surface area (Å²) in [6.45, 7) is 4.12. The molecule has 0 saturated heterocycles. The number of likely N-dealkylation sites (N-methyl/N-ethyl adjacent to an activating group) is 1. The van der Waals surface area contributed by atoms with Gasteiger partial charge in [0.05, 0.1) is 18.6 Å². The Kier molecular flexibility index (Phi) is 9.60. The summed E-state index contributed by atoms with van der Waals surface area (Å²) in [5.41, 5.74) is -0.263. The molecule has 11 nitrogen and oxygen atoms in total. The SMILES string of the molecule is CCN(CC)C(=O)C(C#N)=Cc1cc(OC(=O)OCCc2ccccc2OC)c(O)c([N+](=O)[O-])c1. The number of phenolic OH excluding ortho intramolecular Hbond substituents is 1. The van der Waals surface area contributed by atoms with Crippen molar-refractivity contribution in [3.63, 3.8) is 0 Å². The van der Waals surface area contributed by atoms with Gasteiger partial charge in [0.2, 0.25) is 5.75 Å². The molecular formula is C24H25N3O8. The summed E-state index contributed by atoms with van der Waals surface area (Å²) < 4.78 is 15.2. The van der Waals surface area contributed by atoms with Crippen LogP contribution in [0.5, 0.6) is 17.2 Å². The average molecular weight is 483 g/mol. The Bertz CT molecular complexity index is 1170. The third-order valence-electron chi connectivity index (χ3n) is 4.96. The highest BCUT2D eigenvalue weighted by molar-refractivity contribution is 6.01. The van der Waals surface area contributed by atoms with Crippen LogP contribution in [0.1, 0.15) is 25.0 Å². The van der Waals surface area contributed by atoms with Crippen LogP contribution in [0.25, 0.3) is 6.08 Å². The molecule has 184 valence electrons. The minimum Gasteiger partial charge on any atom is -0.499 e. The van der Waals surface area contributed by atoms with Crippen LogP contribution >= 0.6 is 0 Å². The summed E-state index contributed by atoms with van der Waals surface area (Å²) in [6, 6.07) is 11.0. The third-order valence-corrected chi connectivity index (χ3v) is 4.96. The van der Waals surface area contributed by atoms with Gasteiger partial charge in [-0.25, -0.2) is 4.79 Å². The number of nitrogens with zero attached hydrogens (tertiary/aromatic N) is 3. The molecule has 0 unspecified atom stereocenters. The second-order valence-electron chi connectivity index (χ2n) is 7.05. The first-order valence-corrected chi connectivity index (χ1v) is 10.6. The highest BCUT2D eigenvalue weighted by Gasteiger charge is 2.23. The molecule has 2 aromatic rings. The van der Waals surface area contributed by atoms with Gasteiger partial charge in [0.25, 0.3) is 5.91 Å². The lowest BCUT2D eigenvalue weighted by Crippen LogP contribution is -2.31. The zero-order valence-corrected chi connectivity index (χ0v) is 19.5. The van der Waals surface area contributed by atoms with E-state index >= 15 is 0 Å². The van der Waals surface area contributed by atoms with Gasteiger partial charge in [-0.15, -0.1) is 0 Å². The van der Waals surface area contributed by atoms with Crippen molar-refractivity contribution in [3.05, 3.63) is 63.2 Å². The number of hydrogen-bond acceptors (Lipinski definition) is 9. The molecule has 0 aliphatic heterocycles. The zero-order chi connectivity index (χ0) is 26.0. The number of nitro groups is 1. The molecule has 0 heterocycles. The third kappa shape index (κ3) is 6.94. The maximum Gasteiger partial charge on any atom is 0.513 e. The van der Waals surface area contributed by atoms with Gasteiger partial charge < -0.3 is 24.2 Å². The van der Waals surface area contributed by atoms with Gasteiger partial charge in [-0.2, -0.15) is 5.26 Å². The molecule has 11 heteroatoms. The van der Waals surface area contributed by atoms with E-state index in [0.29, 0.717) is 25.3 Å². The molecular weight excluding hydrogens is 458 g/mol. The van der Waals surface area contributed by atoms with E-state index in [2.05, 4.69) is 0 Å². The molecule has 2 aromatic carbocycles. The largest absolute Gasteiger partial charge is 0.513 e. The summed E-state index contributed by atoms with van der Waals surface area (Å²) in [5, 5.41) is 31.0. The number of nitro benzene ring substituents is 1. The van der Waals surface area contributed by atoms with Gasteiger partial charge >= 0.3 is 11.8 Å². The Morgan fingerprint density at radius 3 is 2.49 bits per heavy atom. The lowest BCUT2D eigenvalue weighted by atomic mass is 10.1. The normalized spacial score (nSPS) is 10.7. The molecule has 0 spiro atoms. The van der Waals surface area contributed by atoms with Crippen LogP contribution < -0.4 is 9.47 Å². The first-order chi connectivity index (χ1) is 16.7. The van der Waals surface area contributed by atoms with Crippen molar-refractivity contribution in [1.29, 1.82) is 5.26 Å². The first-order valence-electron chi connectivity index (χ1n) is 10.6. The number of methoxy groups -OCH3 is 1. The van der Waals surface area contributed by atoms with Crippen molar-refractivity contribution in [1.82, 2.24) is 4.90 Å². The van der Waals surface area contributed by atoms with E-state index in [9.17, 15) is 30.1 Å². The van der Waals surface area contributed by atoms with Crippen LogP contribution in [0.2, 0.25) is 0 Å². The summed E-state index contributed by atoms with van der Waals surface area (Å²) >= 11 is 0. The standard InChI is InChI=1S/C24H25N3O8/c1-4-26(5-2)23(29)18(15-25)12-16-13-19(27(31)32)22(28)21(14-16)35-24(30)34-11-10-17-8-6-7-9-20(17)33-3/h6-9,12-14,28H,4-5,10-11H2,1-3H3. The number of carbonyl (C=O) groups excluding carboxylic acids is 2. The second kappa shape index (κ2) is 12.6. The Labute approximate surface area is 201 Å². The van der Waals surface area contributed by atoms with Crippen molar-refractivity contribution in [2.75, 3.05) is 26.8 Å². The highest BCUT2D eigenvalue weighted by Crippen LogP contribution is 2.38. The van der Waals surface area contributed by atoms with E-state index in [1.54, 1.807) is 44.2 Å². The van der Waals surface area contributed by atoms with E-state index in [-0.39, 0.29) is 17.7 Å². The molecule has 0 aromatic heterocycles. The Balaban J connectivity index is 2.25. The number of rotatable bonds is 10. The first kappa shape index (κ1) is 26.7. The fourth-order valence-corrected chi connectivity index (χ4v) is 3.18. The predicted molar refractivity (Wildman–Crippen MR) is 125 cm³/mol. The van der Waals surface area contributed by atoms with Crippen LogP contribution in [-0.2, 0) is 16.0 Å². The smallest absolute Gasteiger partial charge is 0.499 e. The minimum absolute atomic E-state index is 0.00313. The summed E-state index contributed by atoms with van der Waals surface area (Å²) in [4.78, 5) is 36.6. The predicted octanol–water partition coefficient (Wildman–Crippen LogP) is 3.84.